The molecule has 0 bridgehead atoms. The van der Waals surface area contributed by atoms with Gasteiger partial charge in [0.1, 0.15) is 0 Å². The molecule has 0 aliphatic carbocycles. The fraction of sp³-hybridized carbons (Fsp3) is 0.700. The number of hydrogen-bond acceptors (Lipinski definition) is 7. The summed E-state index contributed by atoms with van der Waals surface area (Å²) < 4.78 is 15.0. The first kappa shape index (κ1) is 14.7. The minimum absolute atomic E-state index is 0.203. The lowest BCUT2D eigenvalue weighted by molar-refractivity contribution is 0.205. The minimum Gasteiger partial charge on any atom is -0.467 e. The zero-order valence-electron chi connectivity index (χ0n) is 10.7. The van der Waals surface area contributed by atoms with Gasteiger partial charge in [0, 0.05) is 26.1 Å². The van der Waals surface area contributed by atoms with E-state index in [0.29, 0.717) is 31.5 Å². The van der Waals surface area contributed by atoms with Gasteiger partial charge >= 0.3 is 12.0 Å². The van der Waals surface area contributed by atoms with E-state index in [1.807, 2.05) is 4.90 Å². The highest BCUT2D eigenvalue weighted by molar-refractivity contribution is 6.18. The van der Waals surface area contributed by atoms with Crippen LogP contribution >= 0.6 is 11.6 Å². The Kier molecular flexibility index (Phi) is 6.45. The van der Waals surface area contributed by atoms with Crippen molar-refractivity contribution < 1.29 is 14.2 Å². The molecule has 0 radical (unpaired) electrons. The van der Waals surface area contributed by atoms with Gasteiger partial charge in [-0.3, -0.25) is 0 Å². The summed E-state index contributed by atoms with van der Waals surface area (Å²) in [6.45, 7) is 1.77. The van der Waals surface area contributed by atoms with Crippen molar-refractivity contribution in [2.75, 3.05) is 51.8 Å². The molecule has 0 N–H and O–H groups in total. The van der Waals surface area contributed by atoms with Crippen molar-refractivity contribution in [1.29, 1.82) is 0 Å². The van der Waals surface area contributed by atoms with Crippen molar-refractivity contribution in [3.8, 4) is 12.0 Å². The maximum atomic E-state index is 5.76. The molecule has 1 rings (SSSR count). The molecule has 0 saturated carbocycles. The Morgan fingerprint density at radius 2 is 1.61 bits per heavy atom. The van der Waals surface area contributed by atoms with Gasteiger partial charge in [-0.05, 0) is 0 Å². The normalized spacial score (nSPS) is 10.2. The van der Waals surface area contributed by atoms with Gasteiger partial charge in [-0.2, -0.15) is 9.97 Å². The number of anilines is 1. The van der Waals surface area contributed by atoms with Crippen LogP contribution in [0.15, 0.2) is 0 Å². The van der Waals surface area contributed by atoms with Crippen LogP contribution in [0.2, 0.25) is 0 Å². The van der Waals surface area contributed by atoms with Crippen LogP contribution < -0.4 is 14.4 Å². The Balaban J connectivity index is 2.93. The summed E-state index contributed by atoms with van der Waals surface area (Å²) >= 11 is 5.76. The van der Waals surface area contributed by atoms with Crippen LogP contribution in [0.25, 0.3) is 0 Å². The van der Waals surface area contributed by atoms with E-state index in [0.717, 1.165) is 0 Å². The third-order valence-electron chi connectivity index (χ3n) is 2.15. The van der Waals surface area contributed by atoms with E-state index < -0.39 is 0 Å². The summed E-state index contributed by atoms with van der Waals surface area (Å²) in [5, 5.41) is 0. The molecule has 0 aliphatic heterocycles. The fourth-order valence-corrected chi connectivity index (χ4v) is 1.47. The average molecular weight is 277 g/mol. The van der Waals surface area contributed by atoms with Crippen LogP contribution in [0.4, 0.5) is 5.95 Å². The lowest BCUT2D eigenvalue weighted by Gasteiger charge is -2.21. The van der Waals surface area contributed by atoms with Crippen molar-refractivity contribution in [1.82, 2.24) is 15.0 Å². The molecule has 18 heavy (non-hydrogen) atoms. The van der Waals surface area contributed by atoms with Gasteiger partial charge in [0.25, 0.3) is 0 Å². The highest BCUT2D eigenvalue weighted by Crippen LogP contribution is 2.15. The third kappa shape index (κ3) is 4.15. The lowest BCUT2D eigenvalue weighted by atomic mass is 10.5. The molecule has 1 aromatic heterocycles. The van der Waals surface area contributed by atoms with Crippen molar-refractivity contribution in [2.45, 2.75) is 0 Å². The summed E-state index contributed by atoms with van der Waals surface area (Å²) in [6.07, 6.45) is 0. The molecule has 0 unspecified atom stereocenters. The van der Waals surface area contributed by atoms with Gasteiger partial charge in [0.05, 0.1) is 20.8 Å². The molecule has 0 aromatic carbocycles. The van der Waals surface area contributed by atoms with Gasteiger partial charge in [0.15, 0.2) is 0 Å². The number of hydrogen-bond donors (Lipinski definition) is 0. The lowest BCUT2D eigenvalue weighted by Crippen LogP contribution is -2.31. The third-order valence-corrected chi connectivity index (χ3v) is 2.32. The molecule has 1 heterocycles. The second-order valence-corrected chi connectivity index (χ2v) is 3.66. The molecule has 0 aliphatic rings. The van der Waals surface area contributed by atoms with Gasteiger partial charge in [-0.1, -0.05) is 0 Å². The Morgan fingerprint density at radius 1 is 1.00 bits per heavy atom. The van der Waals surface area contributed by atoms with E-state index in [1.165, 1.54) is 14.2 Å². The highest BCUT2D eigenvalue weighted by atomic mass is 35.5. The Hall–Kier alpha value is -1.34. The van der Waals surface area contributed by atoms with Crippen molar-refractivity contribution in [3.05, 3.63) is 0 Å². The maximum absolute atomic E-state index is 5.76. The van der Waals surface area contributed by atoms with Crippen molar-refractivity contribution in [2.24, 2.45) is 0 Å². The van der Waals surface area contributed by atoms with Crippen LogP contribution in [-0.2, 0) is 4.74 Å². The monoisotopic (exact) mass is 276 g/mol. The smallest absolute Gasteiger partial charge is 0.324 e. The summed E-state index contributed by atoms with van der Waals surface area (Å²) in [6, 6.07) is 0.405. The van der Waals surface area contributed by atoms with E-state index in [1.54, 1.807) is 7.11 Å². The molecule has 102 valence electrons. The van der Waals surface area contributed by atoms with Gasteiger partial charge in [-0.15, -0.1) is 16.6 Å². The molecule has 0 amide bonds. The molecule has 8 heteroatoms. The number of halogens is 1. The van der Waals surface area contributed by atoms with E-state index >= 15 is 0 Å². The second-order valence-electron chi connectivity index (χ2n) is 3.28. The molecular formula is C10H17ClN4O3. The molecule has 0 atom stereocenters. The zero-order chi connectivity index (χ0) is 13.4. The van der Waals surface area contributed by atoms with Crippen LogP contribution in [0.3, 0.4) is 0 Å². The largest absolute Gasteiger partial charge is 0.467 e. The number of nitrogens with zero attached hydrogens (tertiary/aromatic N) is 4. The quantitative estimate of drug-likeness (QED) is 0.643. The minimum atomic E-state index is 0.203. The SMILES string of the molecule is COCCN(CCCl)c1nc(OC)nc(OC)n1. The topological polar surface area (TPSA) is 69.6 Å². The number of methoxy groups -OCH3 is 3. The van der Waals surface area contributed by atoms with E-state index in [9.17, 15) is 0 Å². The number of aromatic nitrogens is 3. The van der Waals surface area contributed by atoms with Crippen molar-refractivity contribution >= 4 is 17.5 Å². The molecular weight excluding hydrogens is 260 g/mol. The predicted molar refractivity (Wildman–Crippen MR) is 67.7 cm³/mol. The Bertz CT molecular complexity index is 345. The standard InChI is InChI=1S/C10H17ClN4O3/c1-16-7-6-15(5-4-11)8-12-9(17-2)14-10(13-8)18-3/h4-7H2,1-3H3. The summed E-state index contributed by atoms with van der Waals surface area (Å²) in [4.78, 5) is 14.1. The molecule has 7 nitrogen and oxygen atoms in total. The van der Waals surface area contributed by atoms with Gasteiger partial charge in [-0.25, -0.2) is 0 Å². The molecule has 0 saturated heterocycles. The summed E-state index contributed by atoms with van der Waals surface area (Å²) in [7, 11) is 4.60. The van der Waals surface area contributed by atoms with Crippen LogP contribution in [-0.4, -0.2) is 61.9 Å². The molecule has 0 fully saturated rings. The predicted octanol–water partition coefficient (Wildman–Crippen LogP) is 0.580. The zero-order valence-corrected chi connectivity index (χ0v) is 11.5. The summed E-state index contributed by atoms with van der Waals surface area (Å²) in [5.41, 5.74) is 0. The van der Waals surface area contributed by atoms with Crippen LogP contribution in [0.1, 0.15) is 0 Å². The average Bonchev–Trinajstić information content (AvgIpc) is 2.42. The van der Waals surface area contributed by atoms with Crippen molar-refractivity contribution in [3.63, 3.8) is 0 Å². The van der Waals surface area contributed by atoms with Gasteiger partial charge < -0.3 is 19.1 Å². The van der Waals surface area contributed by atoms with E-state index in [-0.39, 0.29) is 12.0 Å². The Morgan fingerprint density at radius 3 is 2.06 bits per heavy atom. The first-order chi connectivity index (χ1) is 8.74. The number of rotatable bonds is 8. The maximum Gasteiger partial charge on any atom is 0.324 e. The number of alkyl halides is 1. The molecule has 1 aromatic rings. The fourth-order valence-electron chi connectivity index (χ4n) is 1.27. The summed E-state index contributed by atoms with van der Waals surface area (Å²) in [5.74, 6) is 0.913. The second kappa shape index (κ2) is 7.88. The Labute approximate surface area is 111 Å². The van der Waals surface area contributed by atoms with Gasteiger partial charge in [0.2, 0.25) is 5.95 Å². The molecule has 0 spiro atoms. The van der Waals surface area contributed by atoms with Crippen LogP contribution in [0.5, 0.6) is 12.0 Å². The first-order valence-electron chi connectivity index (χ1n) is 5.39. The van der Waals surface area contributed by atoms with E-state index in [2.05, 4.69) is 15.0 Å². The van der Waals surface area contributed by atoms with E-state index in [4.69, 9.17) is 25.8 Å². The first-order valence-corrected chi connectivity index (χ1v) is 5.92. The number of ether oxygens (including phenoxy) is 3. The highest BCUT2D eigenvalue weighted by Gasteiger charge is 2.13. The van der Waals surface area contributed by atoms with Crippen LogP contribution in [0, 0.1) is 0 Å².